The molecule has 0 unspecified atom stereocenters. The highest BCUT2D eigenvalue weighted by Crippen LogP contribution is 2.29. The molecule has 0 spiro atoms. The smallest absolute Gasteiger partial charge is 0.294 e. The number of alkyl halides is 3. The number of fused-ring (bicyclic) bond motifs is 1. The van der Waals surface area contributed by atoms with E-state index in [9.17, 15) is 18.0 Å². The molecule has 80 valence electrons. The molecule has 0 atom stereocenters. The molecule has 0 bridgehead atoms. The van der Waals surface area contributed by atoms with Crippen molar-refractivity contribution in [2.24, 2.45) is 0 Å². The molecule has 0 N–H and O–H groups in total. The van der Waals surface area contributed by atoms with Crippen LogP contribution in [0.1, 0.15) is 34.6 Å². The maximum absolute atomic E-state index is 12.3. The van der Waals surface area contributed by atoms with Gasteiger partial charge in [-0.25, -0.2) is 4.98 Å². The van der Waals surface area contributed by atoms with Crippen LogP contribution in [-0.2, 0) is 12.6 Å². The van der Waals surface area contributed by atoms with Gasteiger partial charge in [-0.15, -0.1) is 0 Å². The summed E-state index contributed by atoms with van der Waals surface area (Å²) in [5.74, 6) is -0.113. The quantitative estimate of drug-likeness (QED) is 0.665. The Morgan fingerprint density at radius 2 is 1.93 bits per heavy atom. The molecule has 0 saturated heterocycles. The molecule has 1 aromatic heterocycles. The van der Waals surface area contributed by atoms with E-state index in [4.69, 9.17) is 0 Å². The number of Topliss-reactive ketones (excluding diaryl/α,β-unsaturated/α-hetero) is 1. The zero-order chi connectivity index (χ0) is 11.1. The lowest BCUT2D eigenvalue weighted by Crippen LogP contribution is -2.16. The predicted octanol–water partition coefficient (Wildman–Crippen LogP) is 2.62. The average Bonchev–Trinajstić information content (AvgIpc) is 2.16. The summed E-state index contributed by atoms with van der Waals surface area (Å²) < 4.78 is 36.9. The Bertz CT molecular complexity index is 412. The van der Waals surface area contributed by atoms with Gasteiger partial charge in [0.1, 0.15) is 5.69 Å². The average molecular weight is 215 g/mol. The molecule has 1 aromatic rings. The number of carbonyl (C=O) groups is 1. The zero-order valence-electron chi connectivity index (χ0n) is 7.77. The SMILES string of the molecule is O=C1CCCc2nc(C(F)(F)F)ccc21. The second kappa shape index (κ2) is 3.32. The molecule has 2 rings (SSSR count). The molecule has 0 amide bonds. The van der Waals surface area contributed by atoms with Gasteiger partial charge in [-0.05, 0) is 25.0 Å². The van der Waals surface area contributed by atoms with Crippen LogP contribution in [0.2, 0.25) is 0 Å². The van der Waals surface area contributed by atoms with Crippen LogP contribution in [0.3, 0.4) is 0 Å². The van der Waals surface area contributed by atoms with E-state index in [0.29, 0.717) is 24.8 Å². The van der Waals surface area contributed by atoms with Gasteiger partial charge in [0, 0.05) is 12.0 Å². The highest BCUT2D eigenvalue weighted by Gasteiger charge is 2.33. The minimum atomic E-state index is -4.43. The number of carbonyl (C=O) groups excluding carboxylic acids is 1. The third-order valence-electron chi connectivity index (χ3n) is 2.38. The highest BCUT2D eigenvalue weighted by atomic mass is 19.4. The topological polar surface area (TPSA) is 30.0 Å². The molecule has 0 aliphatic heterocycles. The minimum Gasteiger partial charge on any atom is -0.294 e. The van der Waals surface area contributed by atoms with Gasteiger partial charge in [0.05, 0.1) is 5.69 Å². The van der Waals surface area contributed by atoms with Crippen molar-refractivity contribution >= 4 is 5.78 Å². The van der Waals surface area contributed by atoms with Crippen molar-refractivity contribution in [3.8, 4) is 0 Å². The maximum Gasteiger partial charge on any atom is 0.433 e. The number of rotatable bonds is 0. The minimum absolute atomic E-state index is 0.113. The third-order valence-corrected chi connectivity index (χ3v) is 2.38. The molecule has 1 aliphatic carbocycles. The Labute approximate surface area is 84.1 Å². The van der Waals surface area contributed by atoms with Crippen molar-refractivity contribution < 1.29 is 18.0 Å². The van der Waals surface area contributed by atoms with Crippen molar-refractivity contribution in [2.45, 2.75) is 25.4 Å². The number of nitrogens with zero attached hydrogens (tertiary/aromatic N) is 1. The molecule has 0 radical (unpaired) electrons. The zero-order valence-corrected chi connectivity index (χ0v) is 7.77. The summed E-state index contributed by atoms with van der Waals surface area (Å²) in [6, 6.07) is 2.09. The first-order valence-corrected chi connectivity index (χ1v) is 4.59. The lowest BCUT2D eigenvalue weighted by atomic mass is 9.94. The summed E-state index contributed by atoms with van der Waals surface area (Å²) in [6.45, 7) is 0. The van der Waals surface area contributed by atoms with Gasteiger partial charge < -0.3 is 0 Å². The lowest BCUT2D eigenvalue weighted by molar-refractivity contribution is -0.141. The monoisotopic (exact) mass is 215 g/mol. The molecule has 2 nitrogen and oxygen atoms in total. The number of aromatic nitrogens is 1. The summed E-state index contributed by atoms with van der Waals surface area (Å²) in [5.41, 5.74) is -0.300. The molecule has 0 aromatic carbocycles. The van der Waals surface area contributed by atoms with Gasteiger partial charge in [-0.2, -0.15) is 13.2 Å². The fourth-order valence-corrected chi connectivity index (χ4v) is 1.65. The van der Waals surface area contributed by atoms with Gasteiger partial charge in [0.15, 0.2) is 5.78 Å². The second-order valence-corrected chi connectivity index (χ2v) is 3.47. The third kappa shape index (κ3) is 1.86. The molecule has 0 fully saturated rings. The van der Waals surface area contributed by atoms with Crippen LogP contribution in [0.5, 0.6) is 0 Å². The van der Waals surface area contributed by atoms with Gasteiger partial charge in [-0.1, -0.05) is 0 Å². The van der Waals surface area contributed by atoms with Crippen molar-refractivity contribution in [1.82, 2.24) is 4.98 Å². The van der Waals surface area contributed by atoms with Crippen LogP contribution >= 0.6 is 0 Å². The fourth-order valence-electron chi connectivity index (χ4n) is 1.65. The fraction of sp³-hybridized carbons (Fsp3) is 0.400. The first kappa shape index (κ1) is 10.1. The van der Waals surface area contributed by atoms with E-state index in [0.717, 1.165) is 6.07 Å². The first-order chi connectivity index (χ1) is 6.98. The van der Waals surface area contributed by atoms with Crippen LogP contribution in [0.25, 0.3) is 0 Å². The standard InChI is InChI=1S/C10H8F3NO/c11-10(12,13)9-5-4-6-7(14-9)2-1-3-8(6)15/h4-5H,1-3H2. The van der Waals surface area contributed by atoms with E-state index in [-0.39, 0.29) is 11.5 Å². The maximum atomic E-state index is 12.3. The number of hydrogen-bond acceptors (Lipinski definition) is 2. The lowest BCUT2D eigenvalue weighted by Gasteiger charge is -2.15. The van der Waals surface area contributed by atoms with Gasteiger partial charge in [0.2, 0.25) is 0 Å². The van der Waals surface area contributed by atoms with E-state index < -0.39 is 11.9 Å². The van der Waals surface area contributed by atoms with E-state index in [2.05, 4.69) is 4.98 Å². The second-order valence-electron chi connectivity index (χ2n) is 3.47. The van der Waals surface area contributed by atoms with Crippen LogP contribution in [-0.4, -0.2) is 10.8 Å². The van der Waals surface area contributed by atoms with Gasteiger partial charge in [0.25, 0.3) is 0 Å². The van der Waals surface area contributed by atoms with Crippen molar-refractivity contribution in [1.29, 1.82) is 0 Å². The molecule has 1 aliphatic rings. The van der Waals surface area contributed by atoms with Gasteiger partial charge in [-0.3, -0.25) is 4.79 Å². The normalized spacial score (nSPS) is 16.3. The highest BCUT2D eigenvalue weighted by molar-refractivity contribution is 5.97. The van der Waals surface area contributed by atoms with Crippen LogP contribution in [0.4, 0.5) is 13.2 Å². The summed E-state index contributed by atoms with van der Waals surface area (Å²) in [5, 5.41) is 0. The van der Waals surface area contributed by atoms with Gasteiger partial charge >= 0.3 is 6.18 Å². The van der Waals surface area contributed by atoms with Crippen LogP contribution in [0.15, 0.2) is 12.1 Å². The summed E-state index contributed by atoms with van der Waals surface area (Å²) in [7, 11) is 0. The number of pyridine rings is 1. The molecule has 5 heteroatoms. The molecule has 15 heavy (non-hydrogen) atoms. The Hall–Kier alpha value is -1.39. The Morgan fingerprint density at radius 3 is 2.60 bits per heavy atom. The van der Waals surface area contributed by atoms with E-state index in [1.807, 2.05) is 0 Å². The van der Waals surface area contributed by atoms with Crippen molar-refractivity contribution in [3.63, 3.8) is 0 Å². The van der Waals surface area contributed by atoms with Crippen molar-refractivity contribution in [2.75, 3.05) is 0 Å². The van der Waals surface area contributed by atoms with Crippen LogP contribution in [0, 0.1) is 0 Å². The molecular weight excluding hydrogens is 207 g/mol. The van der Waals surface area contributed by atoms with E-state index >= 15 is 0 Å². The molecular formula is C10H8F3NO. The number of aryl methyl sites for hydroxylation is 1. The Morgan fingerprint density at radius 1 is 1.20 bits per heavy atom. The van der Waals surface area contributed by atoms with Crippen LogP contribution < -0.4 is 0 Å². The summed E-state index contributed by atoms with van der Waals surface area (Å²) in [4.78, 5) is 14.8. The van der Waals surface area contributed by atoms with Crippen molar-refractivity contribution in [3.05, 3.63) is 29.1 Å². The Balaban J connectivity index is 2.46. The number of hydrogen-bond donors (Lipinski definition) is 0. The largest absolute Gasteiger partial charge is 0.433 e. The first-order valence-electron chi connectivity index (χ1n) is 4.59. The predicted molar refractivity (Wildman–Crippen MR) is 46.5 cm³/mol. The molecule has 0 saturated carbocycles. The van der Waals surface area contributed by atoms with E-state index in [1.54, 1.807) is 0 Å². The van der Waals surface area contributed by atoms with E-state index in [1.165, 1.54) is 6.07 Å². The Kier molecular flexibility index (Phi) is 2.25. The number of ketones is 1. The number of halogens is 3. The summed E-state index contributed by atoms with van der Waals surface area (Å²) >= 11 is 0. The summed E-state index contributed by atoms with van der Waals surface area (Å²) in [6.07, 6.45) is -3.00. The molecule has 1 heterocycles.